The summed E-state index contributed by atoms with van der Waals surface area (Å²) in [5.41, 5.74) is -1.51. The summed E-state index contributed by atoms with van der Waals surface area (Å²) in [7, 11) is 0. The van der Waals surface area contributed by atoms with Gasteiger partial charge in [0.15, 0.2) is 0 Å². The summed E-state index contributed by atoms with van der Waals surface area (Å²) in [6.45, 7) is 5.87. The van der Waals surface area contributed by atoms with Crippen LogP contribution in [0.2, 0.25) is 5.02 Å². The Morgan fingerprint density at radius 1 is 1.27 bits per heavy atom. The molecule has 218 valence electrons. The number of carboxylic acid groups (broad SMARTS) is 1. The number of anilines is 1. The smallest absolute Gasteiger partial charge is 0.408 e. The number of hydrogen-bond acceptors (Lipinski definition) is 7. The van der Waals surface area contributed by atoms with Crippen molar-refractivity contribution in [3.63, 3.8) is 0 Å². The maximum Gasteiger partial charge on any atom is 0.408 e. The number of alkyl carbamates (subject to hydrolysis) is 1. The minimum atomic E-state index is -1.38. The van der Waals surface area contributed by atoms with Crippen molar-refractivity contribution in [2.45, 2.75) is 70.2 Å². The van der Waals surface area contributed by atoms with Gasteiger partial charge in [-0.1, -0.05) is 11.6 Å². The van der Waals surface area contributed by atoms with Crippen LogP contribution in [0, 0.1) is 5.82 Å². The Bertz CT molecular complexity index is 1390. The third-order valence-corrected chi connectivity index (χ3v) is 7.83. The van der Waals surface area contributed by atoms with Gasteiger partial charge in [-0.25, -0.2) is 14.0 Å². The normalized spacial score (nSPS) is 18.1. The summed E-state index contributed by atoms with van der Waals surface area (Å²) in [5, 5.41) is 15.0. The molecule has 2 heterocycles. The van der Waals surface area contributed by atoms with Gasteiger partial charge >= 0.3 is 12.1 Å². The predicted octanol–water partition coefficient (Wildman–Crippen LogP) is 4.17. The number of rotatable bonds is 9. The highest BCUT2D eigenvalue weighted by molar-refractivity contribution is 7.98. The number of fused-ring (bicyclic) bond motifs is 1. The van der Waals surface area contributed by atoms with Crippen molar-refractivity contribution in [2.75, 3.05) is 30.0 Å². The van der Waals surface area contributed by atoms with Crippen molar-refractivity contribution in [2.24, 2.45) is 0 Å². The zero-order valence-electron chi connectivity index (χ0n) is 22.9. The molecule has 40 heavy (non-hydrogen) atoms. The van der Waals surface area contributed by atoms with E-state index < -0.39 is 40.5 Å². The number of aromatic nitrogens is 1. The fourth-order valence-corrected chi connectivity index (χ4v) is 5.73. The molecule has 3 N–H and O–H groups in total. The molecule has 0 bridgehead atoms. The van der Waals surface area contributed by atoms with Gasteiger partial charge in [0, 0.05) is 31.4 Å². The standard InChI is InChI=1S/C27H34ClFN4O6S/c1-27(2,3)39-26(38)31-19(8-10-40-4)24(35)30-14-7-9-32(12-14)22-18(29)11-16-21(20(22)28)33(15-5-6-15)13-17(23(16)34)25(36)37/h11,13-15,19H,5-10,12H2,1-4H3,(H,30,35)(H,31,38)(H,36,37). The number of amides is 2. The Labute approximate surface area is 240 Å². The van der Waals surface area contributed by atoms with Crippen LogP contribution >= 0.6 is 23.4 Å². The van der Waals surface area contributed by atoms with Crippen LogP contribution in [-0.2, 0) is 9.53 Å². The number of hydrogen-bond donors (Lipinski definition) is 3. The molecule has 1 aliphatic carbocycles. The molecule has 1 aromatic heterocycles. The van der Waals surface area contributed by atoms with Gasteiger partial charge in [0.05, 0.1) is 21.6 Å². The lowest BCUT2D eigenvalue weighted by Gasteiger charge is -2.25. The Kier molecular flexibility index (Phi) is 8.89. The molecule has 0 radical (unpaired) electrons. The maximum absolute atomic E-state index is 15.5. The number of carbonyl (C=O) groups excluding carboxylic acids is 2. The molecule has 13 heteroatoms. The second kappa shape index (κ2) is 11.9. The number of halogens is 2. The maximum atomic E-state index is 15.5. The summed E-state index contributed by atoms with van der Waals surface area (Å²) < 4.78 is 22.4. The van der Waals surface area contributed by atoms with Gasteiger partial charge in [0.1, 0.15) is 23.0 Å². The Morgan fingerprint density at radius 2 is 1.98 bits per heavy atom. The zero-order chi connectivity index (χ0) is 29.4. The van der Waals surface area contributed by atoms with Gasteiger partial charge < -0.3 is 29.9 Å². The van der Waals surface area contributed by atoms with E-state index in [0.717, 1.165) is 18.9 Å². The molecule has 1 aliphatic heterocycles. The summed E-state index contributed by atoms with van der Waals surface area (Å²) in [5.74, 6) is -1.83. The molecule has 2 unspecified atom stereocenters. The first kappa shape index (κ1) is 30.0. The van der Waals surface area contributed by atoms with Crippen LogP contribution in [0.5, 0.6) is 0 Å². The van der Waals surface area contributed by atoms with Gasteiger partial charge in [0.25, 0.3) is 0 Å². The second-order valence-corrected chi connectivity index (χ2v) is 12.5. The number of nitrogens with one attached hydrogen (secondary N) is 2. The molecule has 1 aromatic carbocycles. The number of carboxylic acids is 1. The van der Waals surface area contributed by atoms with E-state index in [2.05, 4.69) is 10.6 Å². The third-order valence-electron chi connectivity index (χ3n) is 6.82. The highest BCUT2D eigenvalue weighted by Crippen LogP contribution is 2.42. The summed E-state index contributed by atoms with van der Waals surface area (Å²) in [4.78, 5) is 51.6. The monoisotopic (exact) mass is 596 g/mol. The van der Waals surface area contributed by atoms with Crippen molar-refractivity contribution < 1.29 is 28.6 Å². The second-order valence-electron chi connectivity index (χ2n) is 11.2. The Hall–Kier alpha value is -2.99. The minimum Gasteiger partial charge on any atom is -0.477 e. The van der Waals surface area contributed by atoms with Crippen molar-refractivity contribution >= 4 is 57.9 Å². The van der Waals surface area contributed by atoms with Gasteiger partial charge in [0.2, 0.25) is 11.3 Å². The number of aromatic carboxylic acids is 1. The van der Waals surface area contributed by atoms with E-state index in [4.69, 9.17) is 16.3 Å². The molecule has 4 rings (SSSR count). The lowest BCUT2D eigenvalue weighted by Crippen LogP contribution is -2.51. The van der Waals surface area contributed by atoms with Crippen molar-refractivity contribution in [3.8, 4) is 0 Å². The first-order valence-corrected chi connectivity index (χ1v) is 14.9. The van der Waals surface area contributed by atoms with Gasteiger partial charge in [-0.2, -0.15) is 11.8 Å². The molecule has 10 nitrogen and oxygen atoms in total. The summed E-state index contributed by atoms with van der Waals surface area (Å²) >= 11 is 8.29. The largest absolute Gasteiger partial charge is 0.477 e. The van der Waals surface area contributed by atoms with Crippen LogP contribution in [0.1, 0.15) is 62.9 Å². The molecule has 2 atom stereocenters. The number of benzene rings is 1. The summed E-state index contributed by atoms with van der Waals surface area (Å²) in [6.07, 6.45) is 5.03. The average Bonchev–Trinajstić information content (AvgIpc) is 3.60. The topological polar surface area (TPSA) is 130 Å². The third kappa shape index (κ3) is 6.65. The fraction of sp³-hybridized carbons (Fsp3) is 0.556. The van der Waals surface area contributed by atoms with Crippen LogP contribution in [-0.4, -0.2) is 70.4 Å². The van der Waals surface area contributed by atoms with Crippen LogP contribution in [0.25, 0.3) is 10.9 Å². The van der Waals surface area contributed by atoms with E-state index in [1.807, 2.05) is 6.26 Å². The predicted molar refractivity (Wildman–Crippen MR) is 153 cm³/mol. The van der Waals surface area contributed by atoms with Gasteiger partial charge in [-0.05, 0) is 64.5 Å². The van der Waals surface area contributed by atoms with E-state index in [0.29, 0.717) is 30.7 Å². The Balaban J connectivity index is 1.55. The van der Waals surface area contributed by atoms with Crippen molar-refractivity contribution in [3.05, 3.63) is 38.9 Å². The molecule has 2 aromatic rings. The van der Waals surface area contributed by atoms with Crippen LogP contribution < -0.4 is 21.0 Å². The van der Waals surface area contributed by atoms with E-state index in [1.54, 1.807) is 42.0 Å². The number of nitrogens with zero attached hydrogens (tertiary/aromatic N) is 2. The molecular formula is C27H34ClFN4O6S. The molecule has 2 amide bonds. The number of ether oxygens (including phenoxy) is 1. The highest BCUT2D eigenvalue weighted by atomic mass is 35.5. The quantitative estimate of drug-likeness (QED) is 0.393. The minimum absolute atomic E-state index is 0.0154. The highest BCUT2D eigenvalue weighted by Gasteiger charge is 2.34. The zero-order valence-corrected chi connectivity index (χ0v) is 24.5. The molecular weight excluding hydrogens is 563 g/mol. The van der Waals surface area contributed by atoms with Crippen LogP contribution in [0.3, 0.4) is 0 Å². The molecule has 2 aliphatic rings. The number of carbonyl (C=O) groups is 3. The van der Waals surface area contributed by atoms with E-state index in [9.17, 15) is 24.3 Å². The van der Waals surface area contributed by atoms with Crippen molar-refractivity contribution in [1.82, 2.24) is 15.2 Å². The van der Waals surface area contributed by atoms with Gasteiger partial charge in [-0.3, -0.25) is 9.59 Å². The van der Waals surface area contributed by atoms with E-state index in [-0.39, 0.29) is 40.6 Å². The first-order chi connectivity index (χ1) is 18.8. The van der Waals surface area contributed by atoms with Crippen LogP contribution in [0.15, 0.2) is 17.1 Å². The summed E-state index contributed by atoms with van der Waals surface area (Å²) in [6, 6.07) is -0.0952. The SMILES string of the molecule is CSCCC(NC(=O)OC(C)(C)C)C(=O)NC1CCN(c2c(F)cc3c(=O)c(C(=O)O)cn(C4CC4)c3c2Cl)C1. The van der Waals surface area contributed by atoms with E-state index in [1.165, 1.54) is 6.20 Å². The lowest BCUT2D eigenvalue weighted by atomic mass is 10.1. The number of pyridine rings is 1. The lowest BCUT2D eigenvalue weighted by molar-refractivity contribution is -0.123. The first-order valence-electron chi connectivity index (χ1n) is 13.1. The van der Waals surface area contributed by atoms with E-state index >= 15 is 4.39 Å². The molecule has 1 saturated heterocycles. The van der Waals surface area contributed by atoms with Crippen LogP contribution in [0.4, 0.5) is 14.9 Å². The Morgan fingerprint density at radius 3 is 2.58 bits per heavy atom. The molecule has 2 fully saturated rings. The van der Waals surface area contributed by atoms with Crippen molar-refractivity contribution in [1.29, 1.82) is 0 Å². The number of thioether (sulfide) groups is 1. The van der Waals surface area contributed by atoms with Gasteiger partial charge in [-0.15, -0.1) is 0 Å². The average molecular weight is 597 g/mol. The molecule has 0 spiro atoms. The fourth-order valence-electron chi connectivity index (χ4n) is 4.85. The molecule has 1 saturated carbocycles.